The van der Waals surface area contributed by atoms with Crippen molar-refractivity contribution in [3.63, 3.8) is 0 Å². The maximum atomic E-state index is 4.02. The van der Waals surface area contributed by atoms with Gasteiger partial charge in [-0.2, -0.15) is 0 Å². The first-order valence-corrected chi connectivity index (χ1v) is 3.39. The summed E-state index contributed by atoms with van der Waals surface area (Å²) in [6.45, 7) is 4.21. The molecule has 1 heterocycles. The second-order valence-corrected chi connectivity index (χ2v) is 2.27. The molecule has 0 saturated heterocycles. The highest BCUT2D eigenvalue weighted by Gasteiger charge is 2.02. The van der Waals surface area contributed by atoms with Crippen LogP contribution in [0.3, 0.4) is 0 Å². The zero-order chi connectivity index (χ0) is 7.40. The lowest BCUT2D eigenvalue weighted by Gasteiger charge is -2.03. The van der Waals surface area contributed by atoms with Gasteiger partial charge in [-0.3, -0.25) is 0 Å². The molecule has 0 aliphatic carbocycles. The van der Waals surface area contributed by atoms with E-state index in [2.05, 4.69) is 35.2 Å². The Morgan fingerprint density at radius 2 is 2.50 bits per heavy atom. The van der Waals surface area contributed by atoms with Gasteiger partial charge in [0.25, 0.3) is 0 Å². The third kappa shape index (κ3) is 1.50. The van der Waals surface area contributed by atoms with Gasteiger partial charge in [0, 0.05) is 5.92 Å². The van der Waals surface area contributed by atoms with E-state index in [1.807, 2.05) is 0 Å². The minimum atomic E-state index is 0.440. The standard InChI is InChI=1S/C7H10N3/c1-3-6(2)7-4-9-10-5-8-7/h5-6H,3H2,1-2H3. The topological polar surface area (TPSA) is 38.7 Å². The Bertz CT molecular complexity index is 185. The second kappa shape index (κ2) is 3.25. The van der Waals surface area contributed by atoms with Gasteiger partial charge < -0.3 is 0 Å². The van der Waals surface area contributed by atoms with Crippen molar-refractivity contribution in [3.8, 4) is 0 Å². The predicted octanol–water partition coefficient (Wildman–Crippen LogP) is 1.19. The molecule has 0 fully saturated rings. The lowest BCUT2D eigenvalue weighted by atomic mass is 10.1. The summed E-state index contributed by atoms with van der Waals surface area (Å²) in [7, 11) is 0. The Hall–Kier alpha value is -0.990. The third-order valence-corrected chi connectivity index (χ3v) is 1.55. The normalized spacial score (nSPS) is 13.0. The first-order valence-electron chi connectivity index (χ1n) is 3.39. The van der Waals surface area contributed by atoms with Crippen molar-refractivity contribution in [1.29, 1.82) is 0 Å². The van der Waals surface area contributed by atoms with Crippen LogP contribution in [-0.2, 0) is 0 Å². The highest BCUT2D eigenvalue weighted by atomic mass is 15.1. The van der Waals surface area contributed by atoms with E-state index in [-0.39, 0.29) is 0 Å². The predicted molar refractivity (Wildman–Crippen MR) is 37.4 cm³/mol. The Morgan fingerprint density at radius 3 is 3.00 bits per heavy atom. The summed E-state index contributed by atoms with van der Waals surface area (Å²) < 4.78 is 0. The lowest BCUT2D eigenvalue weighted by molar-refractivity contribution is 0.690. The Balaban J connectivity index is 2.75. The molecule has 1 rings (SSSR count). The Morgan fingerprint density at radius 1 is 1.70 bits per heavy atom. The highest BCUT2D eigenvalue weighted by Crippen LogP contribution is 2.12. The largest absolute Gasteiger partial charge is 0.237 e. The van der Waals surface area contributed by atoms with Crippen molar-refractivity contribution in [2.24, 2.45) is 0 Å². The number of aromatic nitrogens is 3. The molecule has 10 heavy (non-hydrogen) atoms. The van der Waals surface area contributed by atoms with E-state index in [9.17, 15) is 0 Å². The summed E-state index contributed by atoms with van der Waals surface area (Å²) in [5.74, 6) is 0.440. The number of hydrogen-bond donors (Lipinski definition) is 0. The molecule has 0 saturated carbocycles. The number of nitrogens with zero attached hydrogens (tertiary/aromatic N) is 3. The van der Waals surface area contributed by atoms with Crippen LogP contribution in [0.1, 0.15) is 31.9 Å². The van der Waals surface area contributed by atoms with Gasteiger partial charge in [-0.1, -0.05) is 13.8 Å². The van der Waals surface area contributed by atoms with Crippen LogP contribution in [-0.4, -0.2) is 15.2 Å². The molecule has 0 spiro atoms. The molecule has 53 valence electrons. The van der Waals surface area contributed by atoms with Crippen LogP contribution in [0.15, 0.2) is 6.33 Å². The molecule has 1 unspecified atom stereocenters. The van der Waals surface area contributed by atoms with Crippen LogP contribution < -0.4 is 0 Å². The van der Waals surface area contributed by atoms with Gasteiger partial charge >= 0.3 is 0 Å². The molecule has 0 N–H and O–H groups in total. The van der Waals surface area contributed by atoms with Crippen LogP contribution >= 0.6 is 0 Å². The zero-order valence-corrected chi connectivity index (χ0v) is 6.20. The average molecular weight is 136 g/mol. The van der Waals surface area contributed by atoms with Crippen LogP contribution in [0.2, 0.25) is 0 Å². The van der Waals surface area contributed by atoms with Gasteiger partial charge in [-0.15, -0.1) is 10.2 Å². The molecule has 3 nitrogen and oxygen atoms in total. The van der Waals surface area contributed by atoms with Gasteiger partial charge in [0.15, 0.2) is 0 Å². The van der Waals surface area contributed by atoms with Crippen molar-refractivity contribution in [2.75, 3.05) is 0 Å². The summed E-state index contributed by atoms with van der Waals surface area (Å²) in [4.78, 5) is 4.02. The minimum Gasteiger partial charge on any atom is -0.237 e. The van der Waals surface area contributed by atoms with Gasteiger partial charge in [-0.25, -0.2) is 4.98 Å². The molecular formula is C7H10N3. The number of hydrogen-bond acceptors (Lipinski definition) is 3. The van der Waals surface area contributed by atoms with E-state index in [0.717, 1.165) is 12.1 Å². The van der Waals surface area contributed by atoms with Crippen LogP contribution in [0.25, 0.3) is 0 Å². The van der Waals surface area contributed by atoms with Gasteiger partial charge in [0.1, 0.15) is 12.5 Å². The fraction of sp³-hybridized carbons (Fsp3) is 0.571. The van der Waals surface area contributed by atoms with Gasteiger partial charge in [-0.05, 0) is 6.42 Å². The molecule has 1 radical (unpaired) electrons. The fourth-order valence-corrected chi connectivity index (χ4v) is 0.654. The van der Waals surface area contributed by atoms with E-state index < -0.39 is 0 Å². The summed E-state index contributed by atoms with van der Waals surface area (Å²) in [5, 5.41) is 7.16. The molecule has 0 bridgehead atoms. The summed E-state index contributed by atoms with van der Waals surface area (Å²) in [6.07, 6.45) is 5.27. The fourth-order valence-electron chi connectivity index (χ4n) is 0.654. The highest BCUT2D eigenvalue weighted by molar-refractivity contribution is 4.96. The Kier molecular flexibility index (Phi) is 2.31. The summed E-state index contributed by atoms with van der Waals surface area (Å²) in [5.41, 5.74) is 0.900. The minimum absolute atomic E-state index is 0.440. The van der Waals surface area contributed by atoms with E-state index in [1.54, 1.807) is 0 Å². The quantitative estimate of drug-likeness (QED) is 0.613. The zero-order valence-electron chi connectivity index (χ0n) is 6.20. The SMILES string of the molecule is CCC(C)c1[c]nncn1. The molecule has 0 amide bonds. The maximum absolute atomic E-state index is 4.02. The average Bonchev–Trinajstić information content (AvgIpc) is 2.05. The first kappa shape index (κ1) is 7.12. The molecular weight excluding hydrogens is 126 g/mol. The van der Waals surface area contributed by atoms with Crippen LogP contribution in [0, 0.1) is 6.20 Å². The maximum Gasteiger partial charge on any atom is 0.138 e. The van der Waals surface area contributed by atoms with Crippen LogP contribution in [0.4, 0.5) is 0 Å². The van der Waals surface area contributed by atoms with Crippen molar-refractivity contribution >= 4 is 0 Å². The van der Waals surface area contributed by atoms with Gasteiger partial charge in [0.2, 0.25) is 0 Å². The molecule has 0 aromatic carbocycles. The molecule has 0 aliphatic heterocycles. The van der Waals surface area contributed by atoms with Crippen molar-refractivity contribution in [2.45, 2.75) is 26.2 Å². The number of rotatable bonds is 2. The van der Waals surface area contributed by atoms with Crippen molar-refractivity contribution in [3.05, 3.63) is 18.2 Å². The van der Waals surface area contributed by atoms with Crippen molar-refractivity contribution < 1.29 is 0 Å². The monoisotopic (exact) mass is 136 g/mol. The Labute approximate surface area is 60.5 Å². The second-order valence-electron chi connectivity index (χ2n) is 2.27. The molecule has 1 aromatic heterocycles. The van der Waals surface area contributed by atoms with Crippen LogP contribution in [0.5, 0.6) is 0 Å². The van der Waals surface area contributed by atoms with E-state index in [4.69, 9.17) is 0 Å². The molecule has 1 aromatic rings. The first-order chi connectivity index (χ1) is 4.84. The molecule has 1 atom stereocenters. The van der Waals surface area contributed by atoms with Gasteiger partial charge in [0.05, 0.1) is 5.69 Å². The van der Waals surface area contributed by atoms with E-state index in [1.165, 1.54) is 6.33 Å². The summed E-state index contributed by atoms with van der Waals surface area (Å²) >= 11 is 0. The molecule has 3 heteroatoms. The van der Waals surface area contributed by atoms with E-state index in [0.29, 0.717) is 5.92 Å². The van der Waals surface area contributed by atoms with E-state index >= 15 is 0 Å². The smallest absolute Gasteiger partial charge is 0.138 e. The lowest BCUT2D eigenvalue weighted by Crippen LogP contribution is -1.97. The van der Waals surface area contributed by atoms with Crippen molar-refractivity contribution in [1.82, 2.24) is 15.2 Å². The third-order valence-electron chi connectivity index (χ3n) is 1.55. The molecule has 0 aliphatic rings. The summed E-state index contributed by atoms with van der Waals surface area (Å²) in [6, 6.07) is 0.